The largest absolute Gasteiger partial charge is 0.481 e. The van der Waals surface area contributed by atoms with Crippen molar-refractivity contribution in [1.29, 1.82) is 0 Å². The summed E-state index contributed by atoms with van der Waals surface area (Å²) in [5.41, 5.74) is 0.173. The molecule has 3 aliphatic rings. The van der Waals surface area contributed by atoms with E-state index in [1.54, 1.807) is 18.2 Å². The van der Waals surface area contributed by atoms with Crippen molar-refractivity contribution in [1.82, 2.24) is 4.90 Å². The number of methoxy groups -OCH3 is 1. The number of hydrogen-bond donors (Lipinski definition) is 2. The number of ether oxygens (including phenoxy) is 2. The number of nitrogens with zero attached hydrogens (tertiary/aromatic N) is 1. The van der Waals surface area contributed by atoms with Crippen LogP contribution in [0.1, 0.15) is 59.8 Å². The van der Waals surface area contributed by atoms with Gasteiger partial charge in [-0.05, 0) is 37.2 Å². The second kappa shape index (κ2) is 11.7. The lowest BCUT2D eigenvalue weighted by Crippen LogP contribution is -2.58. The van der Waals surface area contributed by atoms with E-state index in [9.17, 15) is 24.3 Å². The molecule has 9 heteroatoms. The molecule has 5 unspecified atom stereocenters. The van der Waals surface area contributed by atoms with Gasteiger partial charge in [-0.25, -0.2) is 9.59 Å². The predicted octanol–water partition coefficient (Wildman–Crippen LogP) is 3.90. The summed E-state index contributed by atoms with van der Waals surface area (Å²) in [6.07, 6.45) is 10.6. The van der Waals surface area contributed by atoms with Crippen molar-refractivity contribution in [2.24, 2.45) is 16.7 Å². The molecule has 0 aromatic heterocycles. The molecule has 208 valence electrons. The van der Waals surface area contributed by atoms with Gasteiger partial charge in [0.2, 0.25) is 0 Å². The Morgan fingerprint density at radius 2 is 1.79 bits per heavy atom. The maximum Gasteiger partial charge on any atom is 0.331 e. The fraction of sp³-hybridized carbons (Fsp3) is 0.586. The van der Waals surface area contributed by atoms with Crippen LogP contribution in [0, 0.1) is 16.7 Å². The summed E-state index contributed by atoms with van der Waals surface area (Å²) in [6.45, 7) is 8.09. The van der Waals surface area contributed by atoms with E-state index < -0.39 is 47.5 Å². The van der Waals surface area contributed by atoms with Gasteiger partial charge in [0, 0.05) is 43.1 Å². The predicted molar refractivity (Wildman–Crippen MR) is 140 cm³/mol. The smallest absolute Gasteiger partial charge is 0.331 e. The number of carbonyl (C=O) groups excluding carboxylic acids is 2. The molecular weight excluding hydrogens is 490 g/mol. The van der Waals surface area contributed by atoms with Crippen LogP contribution in [0.3, 0.4) is 0 Å². The van der Waals surface area contributed by atoms with Crippen LogP contribution in [0.2, 0.25) is 0 Å². The monoisotopic (exact) mass is 529 g/mol. The maximum absolute atomic E-state index is 13.9. The molecule has 3 rings (SSSR count). The van der Waals surface area contributed by atoms with E-state index >= 15 is 0 Å². The number of carboxylic acid groups (broad SMARTS) is 2. The van der Waals surface area contributed by atoms with Gasteiger partial charge < -0.3 is 24.6 Å². The van der Waals surface area contributed by atoms with Crippen molar-refractivity contribution >= 4 is 23.8 Å². The zero-order valence-corrected chi connectivity index (χ0v) is 22.8. The third kappa shape index (κ3) is 5.62. The van der Waals surface area contributed by atoms with Gasteiger partial charge in [0.25, 0.3) is 5.91 Å². The van der Waals surface area contributed by atoms with Crippen LogP contribution in [0.25, 0.3) is 0 Å². The fourth-order valence-corrected chi connectivity index (χ4v) is 6.88. The number of allylic oxidation sites excluding steroid dienone is 5. The number of hydrogen-bond acceptors (Lipinski definition) is 6. The van der Waals surface area contributed by atoms with Gasteiger partial charge in [-0.2, -0.15) is 0 Å². The topological polar surface area (TPSA) is 130 Å². The zero-order chi connectivity index (χ0) is 28.3. The van der Waals surface area contributed by atoms with Crippen LogP contribution in [-0.4, -0.2) is 70.8 Å². The molecule has 9 nitrogen and oxygen atoms in total. The maximum atomic E-state index is 13.9. The van der Waals surface area contributed by atoms with Crippen molar-refractivity contribution in [2.75, 3.05) is 13.7 Å². The van der Waals surface area contributed by atoms with Crippen molar-refractivity contribution in [3.8, 4) is 0 Å². The summed E-state index contributed by atoms with van der Waals surface area (Å²) in [6, 6.07) is -1.28. The van der Waals surface area contributed by atoms with Crippen LogP contribution in [0.5, 0.6) is 0 Å². The van der Waals surface area contributed by atoms with E-state index in [2.05, 4.69) is 13.8 Å². The van der Waals surface area contributed by atoms with Crippen LogP contribution in [-0.2, 0) is 28.7 Å². The van der Waals surface area contributed by atoms with E-state index in [4.69, 9.17) is 14.6 Å². The van der Waals surface area contributed by atoms with Gasteiger partial charge >= 0.3 is 17.9 Å². The quantitative estimate of drug-likeness (QED) is 0.248. The van der Waals surface area contributed by atoms with Crippen molar-refractivity contribution in [3.05, 3.63) is 47.6 Å². The van der Waals surface area contributed by atoms with Crippen LogP contribution in [0.15, 0.2) is 47.6 Å². The molecular formula is C29H39NO8. The molecule has 0 spiro atoms. The number of rotatable bonds is 10. The fourth-order valence-electron chi connectivity index (χ4n) is 6.88. The van der Waals surface area contributed by atoms with E-state index in [1.165, 1.54) is 18.1 Å². The molecule has 0 radical (unpaired) electrons. The summed E-state index contributed by atoms with van der Waals surface area (Å²) < 4.78 is 12.0. The molecule has 1 saturated carbocycles. The first-order valence-electron chi connectivity index (χ1n) is 13.1. The zero-order valence-electron chi connectivity index (χ0n) is 22.8. The highest BCUT2D eigenvalue weighted by Gasteiger charge is 2.63. The van der Waals surface area contributed by atoms with Gasteiger partial charge in [-0.3, -0.25) is 9.59 Å². The molecule has 5 atom stereocenters. The highest BCUT2D eigenvalue weighted by Crippen LogP contribution is 2.62. The molecule has 0 aromatic carbocycles. The van der Waals surface area contributed by atoms with E-state index in [-0.39, 0.29) is 30.7 Å². The summed E-state index contributed by atoms with van der Waals surface area (Å²) in [4.78, 5) is 51.3. The van der Waals surface area contributed by atoms with Crippen molar-refractivity contribution in [3.63, 3.8) is 0 Å². The number of fused-ring (bicyclic) bond motifs is 2. The highest BCUT2D eigenvalue weighted by molar-refractivity contribution is 6.01. The lowest BCUT2D eigenvalue weighted by molar-refractivity contribution is -0.173. The SMILES string of the molecule is CC=CC=CC=CC(=O)OC1C(OC)C2=C(C(=O)N(C(CCC(=O)O)C(=O)O)C2)C2(C)CCCC(C)(C)C12. The number of carbonyl (C=O) groups is 4. The van der Waals surface area contributed by atoms with Crippen LogP contribution in [0.4, 0.5) is 0 Å². The molecule has 2 N–H and O–H groups in total. The average molecular weight is 530 g/mol. The summed E-state index contributed by atoms with van der Waals surface area (Å²) in [7, 11) is 1.50. The number of carboxylic acids is 2. The molecule has 2 aliphatic carbocycles. The van der Waals surface area contributed by atoms with Crippen LogP contribution >= 0.6 is 0 Å². The highest BCUT2D eigenvalue weighted by atomic mass is 16.6. The molecule has 38 heavy (non-hydrogen) atoms. The molecule has 0 saturated heterocycles. The Kier molecular flexibility index (Phi) is 9.02. The third-order valence-corrected chi connectivity index (χ3v) is 8.28. The Morgan fingerprint density at radius 1 is 1.11 bits per heavy atom. The summed E-state index contributed by atoms with van der Waals surface area (Å²) >= 11 is 0. The summed E-state index contributed by atoms with van der Waals surface area (Å²) in [5.74, 6) is -3.56. The molecule has 1 amide bonds. The third-order valence-electron chi connectivity index (χ3n) is 8.28. The Hall–Kier alpha value is -3.20. The van der Waals surface area contributed by atoms with E-state index in [0.29, 0.717) is 17.6 Å². The van der Waals surface area contributed by atoms with Gasteiger partial charge in [0.15, 0.2) is 0 Å². The Balaban J connectivity index is 2.03. The Labute approximate surface area is 223 Å². The standard InChI is InChI=1S/C29H39NO8/c1-6-7-8-9-10-12-21(33)38-24-23(37-5)18-17-30(19(27(35)36)13-14-20(31)32)26(34)22(18)29(4)16-11-15-28(2,3)25(24)29/h6-10,12,19,23-25H,11,13-17H2,1-5H3,(H,31,32)(H,35,36). The van der Waals surface area contributed by atoms with E-state index in [0.717, 1.165) is 12.8 Å². The van der Waals surface area contributed by atoms with Gasteiger partial charge in [0.05, 0.1) is 0 Å². The first kappa shape index (κ1) is 29.4. The minimum Gasteiger partial charge on any atom is -0.481 e. The minimum absolute atomic E-state index is 0.0119. The Morgan fingerprint density at radius 3 is 2.39 bits per heavy atom. The second-order valence-corrected chi connectivity index (χ2v) is 11.2. The van der Waals surface area contributed by atoms with Gasteiger partial charge in [-0.1, -0.05) is 57.6 Å². The normalized spacial score (nSPS) is 29.7. The second-order valence-electron chi connectivity index (χ2n) is 11.2. The first-order valence-corrected chi connectivity index (χ1v) is 13.1. The summed E-state index contributed by atoms with van der Waals surface area (Å²) in [5, 5.41) is 19.0. The molecule has 1 aliphatic heterocycles. The van der Waals surface area contributed by atoms with Crippen molar-refractivity contribution in [2.45, 2.75) is 78.0 Å². The number of aliphatic carboxylic acids is 2. The van der Waals surface area contributed by atoms with Gasteiger partial charge in [0.1, 0.15) is 18.2 Å². The number of esters is 1. The number of amides is 1. The molecule has 0 bridgehead atoms. The minimum atomic E-state index is -1.28. The van der Waals surface area contributed by atoms with E-state index in [1.807, 2.05) is 26.0 Å². The van der Waals surface area contributed by atoms with Gasteiger partial charge in [-0.15, -0.1) is 0 Å². The lowest BCUT2D eigenvalue weighted by atomic mass is 9.49. The molecule has 0 aromatic rings. The average Bonchev–Trinajstić information content (AvgIpc) is 3.15. The van der Waals surface area contributed by atoms with Crippen molar-refractivity contribution < 1.29 is 38.9 Å². The molecule has 1 heterocycles. The molecule has 1 fully saturated rings. The Bertz CT molecular complexity index is 1080. The lowest BCUT2D eigenvalue weighted by Gasteiger charge is -2.57. The first-order chi connectivity index (χ1) is 17.9. The van der Waals surface area contributed by atoms with Crippen LogP contribution < -0.4 is 0 Å².